The number of rotatable bonds is 6. The van der Waals surface area contributed by atoms with Crippen LogP contribution in [0.1, 0.15) is 0 Å². The van der Waals surface area contributed by atoms with Crippen LogP contribution in [0.4, 0.5) is 0 Å². The highest BCUT2D eigenvalue weighted by Gasteiger charge is 2.22. The lowest BCUT2D eigenvalue weighted by atomic mass is 9.93. The summed E-state index contributed by atoms with van der Waals surface area (Å²) in [6.07, 6.45) is 0. The molecular formula is C51H32N4O. The zero-order valence-corrected chi connectivity index (χ0v) is 30.2. The van der Waals surface area contributed by atoms with Crippen LogP contribution in [0, 0.1) is 0 Å². The highest BCUT2D eigenvalue weighted by atomic mass is 16.3. The molecule has 5 nitrogen and oxygen atoms in total. The fourth-order valence-electron chi connectivity index (χ4n) is 8.05. The number of furan rings is 1. The van der Waals surface area contributed by atoms with Gasteiger partial charge in [0.1, 0.15) is 11.2 Å². The number of aromatic nitrogens is 4. The van der Waals surface area contributed by atoms with Crippen molar-refractivity contribution in [2.45, 2.75) is 0 Å². The Labute approximate surface area is 322 Å². The molecule has 0 saturated carbocycles. The van der Waals surface area contributed by atoms with E-state index in [0.29, 0.717) is 17.6 Å². The third-order valence-electron chi connectivity index (χ3n) is 10.7. The normalized spacial score (nSPS) is 11.6. The Bertz CT molecular complexity index is 3180. The minimum absolute atomic E-state index is 0.556. The summed E-state index contributed by atoms with van der Waals surface area (Å²) in [5.74, 6) is 1.79. The van der Waals surface area contributed by atoms with E-state index in [4.69, 9.17) is 19.4 Å². The van der Waals surface area contributed by atoms with Gasteiger partial charge < -0.3 is 4.42 Å². The molecule has 0 bridgehead atoms. The van der Waals surface area contributed by atoms with E-state index in [1.807, 2.05) is 72.8 Å². The van der Waals surface area contributed by atoms with Gasteiger partial charge in [0.2, 0.25) is 5.95 Å². The molecule has 11 rings (SSSR count). The van der Waals surface area contributed by atoms with Crippen LogP contribution >= 0.6 is 0 Å². The van der Waals surface area contributed by atoms with Crippen molar-refractivity contribution in [3.05, 3.63) is 194 Å². The third-order valence-corrected chi connectivity index (χ3v) is 10.7. The predicted molar refractivity (Wildman–Crippen MR) is 229 cm³/mol. The number of para-hydroxylation sites is 3. The Hall–Kier alpha value is -7.63. The molecule has 0 fully saturated rings. The lowest BCUT2D eigenvalue weighted by Gasteiger charge is -2.15. The molecule has 0 radical (unpaired) electrons. The fraction of sp³-hybridized carbons (Fsp3) is 0. The van der Waals surface area contributed by atoms with E-state index in [1.54, 1.807) is 0 Å². The molecular weight excluding hydrogens is 685 g/mol. The van der Waals surface area contributed by atoms with Gasteiger partial charge in [-0.2, -0.15) is 9.97 Å². The van der Waals surface area contributed by atoms with Gasteiger partial charge in [0.15, 0.2) is 11.6 Å². The second-order valence-corrected chi connectivity index (χ2v) is 14.0. The minimum Gasteiger partial charge on any atom is -0.455 e. The summed E-state index contributed by atoms with van der Waals surface area (Å²) in [6.45, 7) is 0. The van der Waals surface area contributed by atoms with Crippen LogP contribution < -0.4 is 0 Å². The van der Waals surface area contributed by atoms with Crippen molar-refractivity contribution in [1.29, 1.82) is 0 Å². The number of hydrogen-bond acceptors (Lipinski definition) is 4. The van der Waals surface area contributed by atoms with E-state index >= 15 is 0 Å². The molecule has 0 atom stereocenters. The van der Waals surface area contributed by atoms with Gasteiger partial charge in [-0.25, -0.2) is 4.98 Å². The first-order valence-electron chi connectivity index (χ1n) is 18.8. The van der Waals surface area contributed by atoms with Crippen LogP contribution in [0.3, 0.4) is 0 Å². The van der Waals surface area contributed by atoms with Crippen LogP contribution in [-0.2, 0) is 0 Å². The van der Waals surface area contributed by atoms with Crippen molar-refractivity contribution >= 4 is 43.7 Å². The maximum atomic E-state index is 6.52. The molecule has 0 aliphatic rings. The highest BCUT2D eigenvalue weighted by molar-refractivity contribution is 6.15. The quantitative estimate of drug-likeness (QED) is 0.172. The van der Waals surface area contributed by atoms with E-state index in [-0.39, 0.29) is 0 Å². The van der Waals surface area contributed by atoms with E-state index < -0.39 is 0 Å². The van der Waals surface area contributed by atoms with E-state index in [9.17, 15) is 0 Å². The van der Waals surface area contributed by atoms with Crippen molar-refractivity contribution in [2.75, 3.05) is 0 Å². The lowest BCUT2D eigenvalue weighted by molar-refractivity contribution is 0.670. The van der Waals surface area contributed by atoms with Gasteiger partial charge in [0, 0.05) is 43.8 Å². The predicted octanol–water partition coefficient (Wildman–Crippen LogP) is 13.2. The molecule has 262 valence electrons. The molecule has 0 N–H and O–H groups in total. The molecule has 56 heavy (non-hydrogen) atoms. The standard InChI is InChI=1S/C51H32N4O/c1-4-16-33(17-5-1)38-31-43(37-23-14-22-36(30-37)39-26-15-27-42-41-25-11-13-29-46(41)56-48(39)42)47-44(32-38)40-24-10-12-28-45(40)55(47)51-53-49(34-18-6-2-7-19-34)52-50(54-51)35-20-8-3-9-21-35/h1-32H. The summed E-state index contributed by atoms with van der Waals surface area (Å²) in [7, 11) is 0. The number of hydrogen-bond donors (Lipinski definition) is 0. The van der Waals surface area contributed by atoms with Crippen LogP contribution in [0.2, 0.25) is 0 Å². The Balaban J connectivity index is 1.22. The molecule has 11 aromatic rings. The van der Waals surface area contributed by atoms with Gasteiger partial charge in [-0.15, -0.1) is 0 Å². The van der Waals surface area contributed by atoms with Gasteiger partial charge in [-0.1, -0.05) is 164 Å². The summed E-state index contributed by atoms with van der Waals surface area (Å²) in [5, 5.41) is 4.46. The largest absolute Gasteiger partial charge is 0.455 e. The minimum atomic E-state index is 0.556. The molecule has 0 aliphatic carbocycles. The number of fused-ring (bicyclic) bond motifs is 6. The van der Waals surface area contributed by atoms with E-state index in [2.05, 4.69) is 126 Å². The molecule has 3 heterocycles. The molecule has 0 aliphatic heterocycles. The molecule has 0 saturated heterocycles. The average Bonchev–Trinajstić information content (AvgIpc) is 3.83. The first-order chi connectivity index (χ1) is 27.8. The summed E-state index contributed by atoms with van der Waals surface area (Å²) < 4.78 is 8.74. The molecule has 0 spiro atoms. The molecule has 5 heteroatoms. The summed E-state index contributed by atoms with van der Waals surface area (Å²) in [6, 6.07) is 67.5. The van der Waals surface area contributed by atoms with Crippen molar-refractivity contribution in [1.82, 2.24) is 19.5 Å². The highest BCUT2D eigenvalue weighted by Crippen LogP contribution is 2.43. The number of benzene rings is 8. The Kier molecular flexibility index (Phi) is 7.42. The van der Waals surface area contributed by atoms with Gasteiger partial charge in [-0.3, -0.25) is 4.57 Å². The molecule has 8 aromatic carbocycles. The van der Waals surface area contributed by atoms with Crippen LogP contribution in [0.15, 0.2) is 199 Å². The third kappa shape index (κ3) is 5.29. The van der Waals surface area contributed by atoms with E-state index in [1.165, 1.54) is 0 Å². The SMILES string of the molecule is c1ccc(-c2cc(-c3cccc(-c4cccc5c4oc4ccccc45)c3)c3c(c2)c2ccccc2n3-c2nc(-c3ccccc3)nc(-c3ccccc3)n2)cc1. The average molecular weight is 717 g/mol. The molecule has 0 amide bonds. The van der Waals surface area contributed by atoms with Gasteiger partial charge in [0.05, 0.1) is 11.0 Å². The molecule has 3 aromatic heterocycles. The zero-order valence-electron chi connectivity index (χ0n) is 30.2. The topological polar surface area (TPSA) is 56.7 Å². The van der Waals surface area contributed by atoms with Gasteiger partial charge >= 0.3 is 0 Å². The van der Waals surface area contributed by atoms with E-state index in [0.717, 1.165) is 88.3 Å². The maximum Gasteiger partial charge on any atom is 0.238 e. The smallest absolute Gasteiger partial charge is 0.238 e. The van der Waals surface area contributed by atoms with Gasteiger partial charge in [0.25, 0.3) is 0 Å². The maximum absolute atomic E-state index is 6.52. The first kappa shape index (κ1) is 31.9. The summed E-state index contributed by atoms with van der Waals surface area (Å²) in [5.41, 5.74) is 12.2. The van der Waals surface area contributed by atoms with Crippen molar-refractivity contribution in [3.8, 4) is 62.1 Å². The monoisotopic (exact) mass is 716 g/mol. The summed E-state index contributed by atoms with van der Waals surface area (Å²) >= 11 is 0. The Morgan fingerprint density at radius 1 is 0.357 bits per heavy atom. The van der Waals surface area contributed by atoms with Crippen molar-refractivity contribution < 1.29 is 4.42 Å². The van der Waals surface area contributed by atoms with Crippen LogP contribution in [0.5, 0.6) is 0 Å². The first-order valence-corrected chi connectivity index (χ1v) is 18.8. The van der Waals surface area contributed by atoms with Crippen LogP contribution in [-0.4, -0.2) is 19.5 Å². The van der Waals surface area contributed by atoms with Crippen molar-refractivity contribution in [3.63, 3.8) is 0 Å². The molecule has 0 unspecified atom stereocenters. The second kappa shape index (κ2) is 13.0. The van der Waals surface area contributed by atoms with Gasteiger partial charge in [-0.05, 0) is 52.6 Å². The fourth-order valence-corrected chi connectivity index (χ4v) is 8.05. The van der Waals surface area contributed by atoms with Crippen molar-refractivity contribution in [2.24, 2.45) is 0 Å². The summed E-state index contributed by atoms with van der Waals surface area (Å²) in [4.78, 5) is 15.5. The van der Waals surface area contributed by atoms with Crippen LogP contribution in [0.25, 0.3) is 106 Å². The Morgan fingerprint density at radius 2 is 0.911 bits per heavy atom. The Morgan fingerprint density at radius 3 is 1.62 bits per heavy atom. The second-order valence-electron chi connectivity index (χ2n) is 14.0. The zero-order chi connectivity index (χ0) is 37.0. The number of nitrogens with zero attached hydrogens (tertiary/aromatic N) is 4. The lowest BCUT2D eigenvalue weighted by Crippen LogP contribution is -2.07.